The first-order valence-electron chi connectivity index (χ1n) is 5.47. The minimum absolute atomic E-state index is 0.160. The van der Waals surface area contributed by atoms with Crippen LogP contribution >= 0.6 is 0 Å². The van der Waals surface area contributed by atoms with Crippen LogP contribution in [0.3, 0.4) is 0 Å². The molecule has 90 valence electrons. The van der Waals surface area contributed by atoms with Crippen molar-refractivity contribution in [1.29, 1.82) is 0 Å². The number of rotatable bonds is 7. The van der Waals surface area contributed by atoms with Gasteiger partial charge in [0.2, 0.25) is 0 Å². The monoisotopic (exact) mass is 217 g/mol. The number of carbonyl (C=O) groups is 1. The summed E-state index contributed by atoms with van der Waals surface area (Å²) in [4.78, 5) is 11.3. The lowest BCUT2D eigenvalue weighted by Crippen LogP contribution is -2.34. The van der Waals surface area contributed by atoms with Crippen molar-refractivity contribution in [3.05, 3.63) is 0 Å². The molecule has 0 aromatic heterocycles. The molecule has 4 heteroatoms. The van der Waals surface area contributed by atoms with Crippen LogP contribution in [0.1, 0.15) is 34.1 Å². The van der Waals surface area contributed by atoms with E-state index in [0.29, 0.717) is 18.9 Å². The second-order valence-corrected chi connectivity index (χ2v) is 4.32. The van der Waals surface area contributed by atoms with E-state index in [1.807, 2.05) is 27.7 Å². The molecule has 0 aliphatic carbocycles. The average Bonchev–Trinajstić information content (AvgIpc) is 2.10. The van der Waals surface area contributed by atoms with Crippen LogP contribution in [-0.4, -0.2) is 31.3 Å². The molecule has 2 N–H and O–H groups in total. The van der Waals surface area contributed by atoms with Gasteiger partial charge in [-0.25, -0.2) is 0 Å². The highest BCUT2D eigenvalue weighted by atomic mass is 16.6. The molecule has 4 nitrogen and oxygen atoms in total. The minimum atomic E-state index is -0.510. The molecule has 1 unspecified atom stereocenters. The second kappa shape index (κ2) is 7.65. The fourth-order valence-corrected chi connectivity index (χ4v) is 1.14. The van der Waals surface area contributed by atoms with Gasteiger partial charge in [-0.3, -0.25) is 4.79 Å². The molecular weight excluding hydrogens is 194 g/mol. The highest BCUT2D eigenvalue weighted by molar-refractivity contribution is 5.75. The summed E-state index contributed by atoms with van der Waals surface area (Å²) >= 11 is 0. The summed E-state index contributed by atoms with van der Waals surface area (Å²) < 4.78 is 10.2. The van der Waals surface area contributed by atoms with Gasteiger partial charge in [0, 0.05) is 0 Å². The molecule has 0 rings (SSSR count). The Kier molecular flexibility index (Phi) is 7.34. The molecule has 0 bridgehead atoms. The molecule has 0 heterocycles. The van der Waals surface area contributed by atoms with Crippen molar-refractivity contribution in [3.8, 4) is 0 Å². The lowest BCUT2D eigenvalue weighted by atomic mass is 10.1. The van der Waals surface area contributed by atoms with Gasteiger partial charge in [0.15, 0.2) is 0 Å². The predicted molar refractivity (Wildman–Crippen MR) is 59.5 cm³/mol. The van der Waals surface area contributed by atoms with Crippen LogP contribution in [-0.2, 0) is 14.3 Å². The van der Waals surface area contributed by atoms with Crippen molar-refractivity contribution < 1.29 is 14.3 Å². The van der Waals surface area contributed by atoms with Gasteiger partial charge in [0.25, 0.3) is 0 Å². The number of hydrogen-bond donors (Lipinski definition) is 1. The molecule has 0 aromatic rings. The molecule has 0 fully saturated rings. The van der Waals surface area contributed by atoms with Gasteiger partial charge in [0.1, 0.15) is 12.6 Å². The third kappa shape index (κ3) is 8.39. The Morgan fingerprint density at radius 3 is 2.27 bits per heavy atom. The summed E-state index contributed by atoms with van der Waals surface area (Å²) in [5.41, 5.74) is 5.64. The van der Waals surface area contributed by atoms with Crippen LogP contribution in [0.2, 0.25) is 0 Å². The van der Waals surface area contributed by atoms with E-state index in [0.717, 1.165) is 0 Å². The SMILES string of the molecule is CC(C)CC(N)C(=O)OCCOC(C)C. The van der Waals surface area contributed by atoms with Crippen molar-refractivity contribution in [1.82, 2.24) is 0 Å². The lowest BCUT2D eigenvalue weighted by Gasteiger charge is -2.13. The lowest BCUT2D eigenvalue weighted by molar-refractivity contribution is -0.147. The number of ether oxygens (including phenoxy) is 2. The van der Waals surface area contributed by atoms with E-state index >= 15 is 0 Å². The topological polar surface area (TPSA) is 61.6 Å². The molecule has 15 heavy (non-hydrogen) atoms. The third-order valence-electron chi connectivity index (χ3n) is 1.81. The summed E-state index contributed by atoms with van der Waals surface area (Å²) in [7, 11) is 0. The van der Waals surface area contributed by atoms with E-state index in [9.17, 15) is 4.79 Å². The fourth-order valence-electron chi connectivity index (χ4n) is 1.14. The Labute approximate surface area is 92.1 Å². The molecule has 0 radical (unpaired) electrons. The van der Waals surface area contributed by atoms with Crippen molar-refractivity contribution in [2.75, 3.05) is 13.2 Å². The van der Waals surface area contributed by atoms with Crippen LogP contribution in [0, 0.1) is 5.92 Å². The summed E-state index contributed by atoms with van der Waals surface area (Å²) in [5.74, 6) is 0.0653. The molecule has 0 aromatic carbocycles. The zero-order valence-electron chi connectivity index (χ0n) is 10.2. The van der Waals surface area contributed by atoms with E-state index in [1.54, 1.807) is 0 Å². The molecule has 0 aliphatic rings. The zero-order chi connectivity index (χ0) is 11.8. The third-order valence-corrected chi connectivity index (χ3v) is 1.81. The first kappa shape index (κ1) is 14.4. The van der Waals surface area contributed by atoms with Gasteiger partial charge in [-0.05, 0) is 26.2 Å². The normalized spacial score (nSPS) is 13.3. The van der Waals surface area contributed by atoms with Crippen LogP contribution in [0.5, 0.6) is 0 Å². The van der Waals surface area contributed by atoms with E-state index in [1.165, 1.54) is 0 Å². The molecule has 0 amide bonds. The Morgan fingerprint density at radius 2 is 1.80 bits per heavy atom. The minimum Gasteiger partial charge on any atom is -0.462 e. The van der Waals surface area contributed by atoms with Gasteiger partial charge >= 0.3 is 5.97 Å². The maximum absolute atomic E-state index is 11.3. The van der Waals surface area contributed by atoms with Crippen LogP contribution < -0.4 is 5.73 Å². The number of nitrogens with two attached hydrogens (primary N) is 1. The summed E-state index contributed by atoms with van der Waals surface area (Å²) in [6.07, 6.45) is 0.817. The first-order valence-corrected chi connectivity index (χ1v) is 5.47. The van der Waals surface area contributed by atoms with Gasteiger partial charge in [-0.15, -0.1) is 0 Å². The van der Waals surface area contributed by atoms with Crippen molar-refractivity contribution >= 4 is 5.97 Å². The maximum atomic E-state index is 11.3. The maximum Gasteiger partial charge on any atom is 0.322 e. The molecule has 1 atom stereocenters. The molecule has 0 saturated heterocycles. The van der Waals surface area contributed by atoms with Crippen LogP contribution in [0.25, 0.3) is 0 Å². The quantitative estimate of drug-likeness (QED) is 0.516. The summed E-state index contributed by atoms with van der Waals surface area (Å²) in [6.45, 7) is 8.63. The number of esters is 1. The smallest absolute Gasteiger partial charge is 0.322 e. The Balaban J connectivity index is 3.56. The van der Waals surface area contributed by atoms with Crippen molar-refractivity contribution in [2.24, 2.45) is 11.7 Å². The van der Waals surface area contributed by atoms with Gasteiger partial charge in [0.05, 0.1) is 12.7 Å². The standard InChI is InChI=1S/C11H23NO3/c1-8(2)7-10(12)11(13)15-6-5-14-9(3)4/h8-10H,5-7,12H2,1-4H3. The Bertz CT molecular complexity index is 181. The van der Waals surface area contributed by atoms with Crippen molar-refractivity contribution in [3.63, 3.8) is 0 Å². The van der Waals surface area contributed by atoms with E-state index in [4.69, 9.17) is 15.2 Å². The Hall–Kier alpha value is -0.610. The summed E-state index contributed by atoms with van der Waals surface area (Å²) in [6, 6.07) is -0.510. The number of hydrogen-bond acceptors (Lipinski definition) is 4. The molecule has 0 spiro atoms. The van der Waals surface area contributed by atoms with E-state index < -0.39 is 6.04 Å². The van der Waals surface area contributed by atoms with Crippen molar-refractivity contribution in [2.45, 2.75) is 46.3 Å². The number of carbonyl (C=O) groups excluding carboxylic acids is 1. The zero-order valence-corrected chi connectivity index (χ0v) is 10.2. The fraction of sp³-hybridized carbons (Fsp3) is 0.909. The average molecular weight is 217 g/mol. The highest BCUT2D eigenvalue weighted by Gasteiger charge is 2.15. The molecule has 0 saturated carbocycles. The van der Waals surface area contributed by atoms with Crippen LogP contribution in [0.4, 0.5) is 0 Å². The largest absolute Gasteiger partial charge is 0.462 e. The van der Waals surface area contributed by atoms with E-state index in [2.05, 4.69) is 0 Å². The van der Waals surface area contributed by atoms with Gasteiger partial charge in [-0.2, -0.15) is 0 Å². The molecular formula is C11H23NO3. The predicted octanol–water partition coefficient (Wildman–Crippen LogP) is 1.33. The van der Waals surface area contributed by atoms with Gasteiger partial charge < -0.3 is 15.2 Å². The second-order valence-electron chi connectivity index (χ2n) is 4.32. The first-order chi connectivity index (χ1) is 6.93. The van der Waals surface area contributed by atoms with Gasteiger partial charge in [-0.1, -0.05) is 13.8 Å². The molecule has 0 aliphatic heterocycles. The Morgan fingerprint density at radius 1 is 1.20 bits per heavy atom. The van der Waals surface area contributed by atoms with Crippen LogP contribution in [0.15, 0.2) is 0 Å². The summed E-state index contributed by atoms with van der Waals surface area (Å²) in [5, 5.41) is 0. The van der Waals surface area contributed by atoms with E-state index in [-0.39, 0.29) is 18.7 Å². The highest BCUT2D eigenvalue weighted by Crippen LogP contribution is 2.03.